The first-order valence-corrected chi connectivity index (χ1v) is 7.29. The molecule has 6 nitrogen and oxygen atoms in total. The molecule has 1 saturated carbocycles. The summed E-state index contributed by atoms with van der Waals surface area (Å²) in [5.74, 6) is 1.36. The molecule has 0 spiro atoms. The Kier molecular flexibility index (Phi) is 3.97. The van der Waals surface area contributed by atoms with Crippen molar-refractivity contribution in [3.8, 4) is 0 Å². The van der Waals surface area contributed by atoms with Crippen molar-refractivity contribution in [1.82, 2.24) is 0 Å². The Morgan fingerprint density at radius 1 is 1.04 bits per heavy atom. The van der Waals surface area contributed by atoms with Crippen molar-refractivity contribution in [3.05, 3.63) is 62.8 Å². The fourth-order valence-electron chi connectivity index (χ4n) is 2.57. The van der Waals surface area contributed by atoms with Gasteiger partial charge in [0.2, 0.25) is 0 Å². The summed E-state index contributed by atoms with van der Waals surface area (Å²) in [4.78, 5) is 22.6. The molecule has 23 heavy (non-hydrogen) atoms. The third kappa shape index (κ3) is 3.31. The van der Waals surface area contributed by atoms with E-state index in [4.69, 9.17) is 8.83 Å². The minimum atomic E-state index is -0.602. The van der Waals surface area contributed by atoms with E-state index in [-0.39, 0.29) is 11.7 Å². The summed E-state index contributed by atoms with van der Waals surface area (Å²) in [6.07, 6.45) is 5.49. The van der Waals surface area contributed by atoms with Gasteiger partial charge >= 0.3 is 5.88 Å². The van der Waals surface area contributed by atoms with Crippen LogP contribution in [0, 0.1) is 17.0 Å². The van der Waals surface area contributed by atoms with Crippen LogP contribution in [0.25, 0.3) is 12.2 Å². The average molecular weight is 313 g/mol. The Morgan fingerprint density at radius 3 is 2.17 bits per heavy atom. The number of furan rings is 2. The number of nitrogens with zero attached hydrogens (tertiary/aromatic N) is 1. The summed E-state index contributed by atoms with van der Waals surface area (Å²) in [6.45, 7) is 1.85. The summed E-state index contributed by atoms with van der Waals surface area (Å²) in [6, 6.07) is 6.44. The number of allylic oxidation sites excluding steroid dienone is 2. The fraction of sp³-hybridized carbons (Fsp3) is 0.235. The van der Waals surface area contributed by atoms with Crippen LogP contribution >= 0.6 is 0 Å². The number of ketones is 1. The Balaban J connectivity index is 1.85. The topological polar surface area (TPSA) is 86.5 Å². The van der Waals surface area contributed by atoms with Crippen LogP contribution in [-0.4, -0.2) is 10.7 Å². The number of rotatable bonds is 3. The number of nitro groups is 1. The van der Waals surface area contributed by atoms with Crippen LogP contribution in [0.15, 0.2) is 44.2 Å². The van der Waals surface area contributed by atoms with Crippen molar-refractivity contribution >= 4 is 23.8 Å². The largest absolute Gasteiger partial charge is 0.462 e. The van der Waals surface area contributed by atoms with Gasteiger partial charge in [-0.1, -0.05) is 0 Å². The summed E-state index contributed by atoms with van der Waals surface area (Å²) in [5, 5.41) is 10.6. The Hall–Kier alpha value is -2.89. The molecule has 0 aromatic carbocycles. The van der Waals surface area contributed by atoms with Crippen LogP contribution in [0.4, 0.5) is 5.88 Å². The van der Waals surface area contributed by atoms with E-state index in [0.717, 1.165) is 12.2 Å². The maximum Gasteiger partial charge on any atom is 0.433 e. The molecule has 0 saturated heterocycles. The highest BCUT2D eigenvalue weighted by Crippen LogP contribution is 2.29. The molecule has 1 aliphatic carbocycles. The number of carbonyl (C=O) groups is 1. The van der Waals surface area contributed by atoms with Crippen molar-refractivity contribution in [2.24, 2.45) is 0 Å². The van der Waals surface area contributed by atoms with Crippen molar-refractivity contribution in [1.29, 1.82) is 0 Å². The molecule has 0 bridgehead atoms. The van der Waals surface area contributed by atoms with Gasteiger partial charge in [0.15, 0.2) is 5.78 Å². The third-order valence-corrected chi connectivity index (χ3v) is 3.66. The van der Waals surface area contributed by atoms with E-state index in [0.29, 0.717) is 35.5 Å². The van der Waals surface area contributed by atoms with Gasteiger partial charge in [-0.15, -0.1) is 0 Å². The van der Waals surface area contributed by atoms with Gasteiger partial charge in [-0.2, -0.15) is 0 Å². The van der Waals surface area contributed by atoms with Crippen molar-refractivity contribution in [2.45, 2.75) is 26.2 Å². The molecule has 2 aromatic rings. The molecule has 118 valence electrons. The minimum absolute atomic E-state index is 0.0654. The van der Waals surface area contributed by atoms with Crippen LogP contribution in [0.5, 0.6) is 0 Å². The standard InChI is InChI=1S/C17H15NO5/c1-11-5-6-14(22-11)9-12-3-2-4-13(17(12)19)10-15-7-8-16(23-15)18(20)21/h5-10H,2-4H2,1H3/b12-9-,13-10+. The first kappa shape index (κ1) is 15.0. The summed E-state index contributed by atoms with van der Waals surface area (Å²) >= 11 is 0. The number of hydrogen-bond donors (Lipinski definition) is 0. The summed E-state index contributed by atoms with van der Waals surface area (Å²) in [7, 11) is 0. The molecule has 0 amide bonds. The second-order valence-corrected chi connectivity index (χ2v) is 5.40. The van der Waals surface area contributed by atoms with Gasteiger partial charge in [0, 0.05) is 11.1 Å². The van der Waals surface area contributed by atoms with E-state index in [2.05, 4.69) is 0 Å². The lowest BCUT2D eigenvalue weighted by Crippen LogP contribution is -2.12. The molecule has 0 unspecified atom stereocenters. The lowest BCUT2D eigenvalue weighted by molar-refractivity contribution is -0.402. The molecule has 2 aromatic heterocycles. The van der Waals surface area contributed by atoms with E-state index in [1.807, 2.05) is 19.1 Å². The normalized spacial score (nSPS) is 18.7. The van der Waals surface area contributed by atoms with E-state index in [1.54, 1.807) is 12.2 Å². The van der Waals surface area contributed by atoms with Crippen LogP contribution in [0.2, 0.25) is 0 Å². The van der Waals surface area contributed by atoms with Crippen molar-refractivity contribution < 1.29 is 18.6 Å². The quantitative estimate of drug-likeness (QED) is 0.479. The highest BCUT2D eigenvalue weighted by atomic mass is 16.6. The fourth-order valence-corrected chi connectivity index (χ4v) is 2.57. The molecular weight excluding hydrogens is 298 g/mol. The van der Waals surface area contributed by atoms with Crippen LogP contribution in [0.3, 0.4) is 0 Å². The SMILES string of the molecule is Cc1ccc(/C=C2/CCC/C(=C\c3ccc([N+](=O)[O-])o3)C2=O)o1. The number of carbonyl (C=O) groups excluding carboxylic acids is 1. The monoisotopic (exact) mass is 313 g/mol. The van der Waals surface area contributed by atoms with E-state index < -0.39 is 4.92 Å². The zero-order valence-corrected chi connectivity index (χ0v) is 12.6. The zero-order valence-electron chi connectivity index (χ0n) is 12.6. The maximum atomic E-state index is 12.5. The van der Waals surface area contributed by atoms with Crippen molar-refractivity contribution in [2.75, 3.05) is 0 Å². The smallest absolute Gasteiger partial charge is 0.433 e. The predicted molar refractivity (Wildman–Crippen MR) is 83.6 cm³/mol. The van der Waals surface area contributed by atoms with Crippen LogP contribution in [0.1, 0.15) is 36.5 Å². The second-order valence-electron chi connectivity index (χ2n) is 5.40. The Morgan fingerprint density at radius 2 is 1.65 bits per heavy atom. The second kappa shape index (κ2) is 6.08. The lowest BCUT2D eigenvalue weighted by Gasteiger charge is -2.15. The average Bonchev–Trinajstić information content (AvgIpc) is 3.13. The highest BCUT2D eigenvalue weighted by molar-refractivity contribution is 6.13. The minimum Gasteiger partial charge on any atom is -0.462 e. The molecule has 6 heteroatoms. The van der Waals surface area contributed by atoms with Gasteiger partial charge < -0.3 is 8.83 Å². The molecule has 1 fully saturated rings. The number of aryl methyl sites for hydroxylation is 1. The van der Waals surface area contributed by atoms with E-state index in [9.17, 15) is 14.9 Å². The third-order valence-electron chi connectivity index (χ3n) is 3.66. The van der Waals surface area contributed by atoms with Gasteiger partial charge in [-0.25, -0.2) is 0 Å². The van der Waals surface area contributed by atoms with Gasteiger partial charge in [0.1, 0.15) is 22.2 Å². The molecule has 3 rings (SSSR count). The molecule has 0 radical (unpaired) electrons. The zero-order chi connectivity index (χ0) is 16.4. The number of Topliss-reactive ketones (excluding diaryl/α,β-unsaturated/α-hetero) is 1. The predicted octanol–water partition coefficient (Wildman–Crippen LogP) is 4.31. The summed E-state index contributed by atoms with van der Waals surface area (Å²) in [5.41, 5.74) is 1.27. The number of hydrogen-bond acceptors (Lipinski definition) is 5. The molecule has 2 heterocycles. The maximum absolute atomic E-state index is 12.5. The first-order valence-electron chi connectivity index (χ1n) is 7.29. The van der Waals surface area contributed by atoms with E-state index in [1.165, 1.54) is 12.1 Å². The van der Waals surface area contributed by atoms with Crippen LogP contribution in [-0.2, 0) is 4.79 Å². The van der Waals surface area contributed by atoms with Gasteiger partial charge in [0.25, 0.3) is 0 Å². The Bertz CT molecular complexity index is 822. The highest BCUT2D eigenvalue weighted by Gasteiger charge is 2.22. The molecule has 0 N–H and O–H groups in total. The van der Waals surface area contributed by atoms with E-state index >= 15 is 0 Å². The first-order chi connectivity index (χ1) is 11.0. The molecule has 1 aliphatic rings. The van der Waals surface area contributed by atoms with Gasteiger partial charge in [0.05, 0.1) is 6.07 Å². The van der Waals surface area contributed by atoms with Crippen molar-refractivity contribution in [3.63, 3.8) is 0 Å². The molecule has 0 aliphatic heterocycles. The summed E-state index contributed by atoms with van der Waals surface area (Å²) < 4.78 is 10.6. The van der Waals surface area contributed by atoms with Gasteiger partial charge in [-0.3, -0.25) is 14.9 Å². The molecular formula is C17H15NO5. The Labute approximate surface area is 132 Å². The van der Waals surface area contributed by atoms with Crippen LogP contribution < -0.4 is 0 Å². The lowest BCUT2D eigenvalue weighted by atomic mass is 9.88. The van der Waals surface area contributed by atoms with Gasteiger partial charge in [-0.05, 0) is 56.5 Å². The molecule has 0 atom stereocenters.